The SMILES string of the molecule is CC/C(Nc1ccccc1F)=C(/N)c1nc(-c2ccccc2F)no1. The highest BCUT2D eigenvalue weighted by molar-refractivity contribution is 5.66. The second kappa shape index (κ2) is 7.12. The summed E-state index contributed by atoms with van der Waals surface area (Å²) < 4.78 is 32.8. The van der Waals surface area contributed by atoms with E-state index < -0.39 is 11.6 Å². The second-order valence-electron chi connectivity index (χ2n) is 5.25. The van der Waals surface area contributed by atoms with E-state index in [-0.39, 0.29) is 28.7 Å². The molecule has 2 aromatic carbocycles. The quantitative estimate of drug-likeness (QED) is 0.728. The van der Waals surface area contributed by atoms with Crippen molar-refractivity contribution in [3.63, 3.8) is 0 Å². The first-order valence-electron chi connectivity index (χ1n) is 7.69. The Balaban J connectivity index is 1.93. The molecule has 7 heteroatoms. The van der Waals surface area contributed by atoms with Gasteiger partial charge in [0.2, 0.25) is 5.82 Å². The minimum Gasteiger partial charge on any atom is -0.393 e. The van der Waals surface area contributed by atoms with Crippen LogP contribution in [0.4, 0.5) is 14.5 Å². The molecule has 0 unspecified atom stereocenters. The number of hydrogen-bond donors (Lipinski definition) is 2. The van der Waals surface area contributed by atoms with Gasteiger partial charge in [-0.1, -0.05) is 36.3 Å². The van der Waals surface area contributed by atoms with E-state index in [9.17, 15) is 8.78 Å². The molecular weight excluding hydrogens is 326 g/mol. The molecule has 3 N–H and O–H groups in total. The van der Waals surface area contributed by atoms with E-state index >= 15 is 0 Å². The molecule has 0 radical (unpaired) electrons. The Labute approximate surface area is 143 Å². The number of allylic oxidation sites excluding steroid dienone is 1. The van der Waals surface area contributed by atoms with Gasteiger partial charge in [-0.2, -0.15) is 4.98 Å². The van der Waals surface area contributed by atoms with Crippen molar-refractivity contribution in [2.75, 3.05) is 5.32 Å². The summed E-state index contributed by atoms with van der Waals surface area (Å²) in [5.74, 6) is -0.729. The van der Waals surface area contributed by atoms with Crippen molar-refractivity contribution in [1.82, 2.24) is 10.1 Å². The highest BCUT2D eigenvalue weighted by atomic mass is 19.1. The van der Waals surface area contributed by atoms with Gasteiger partial charge in [-0.3, -0.25) is 0 Å². The molecule has 0 fully saturated rings. The fourth-order valence-electron chi connectivity index (χ4n) is 2.29. The monoisotopic (exact) mass is 342 g/mol. The average molecular weight is 342 g/mol. The van der Waals surface area contributed by atoms with Crippen LogP contribution in [-0.4, -0.2) is 10.1 Å². The van der Waals surface area contributed by atoms with Crippen LogP contribution in [0.1, 0.15) is 19.2 Å². The summed E-state index contributed by atoms with van der Waals surface area (Å²) in [7, 11) is 0. The molecular formula is C18H16F2N4O. The third-order valence-corrected chi connectivity index (χ3v) is 3.61. The Morgan fingerprint density at radius 1 is 1.08 bits per heavy atom. The molecule has 3 rings (SSSR count). The van der Waals surface area contributed by atoms with Crippen LogP contribution >= 0.6 is 0 Å². The van der Waals surface area contributed by atoms with Gasteiger partial charge in [0.15, 0.2) is 0 Å². The normalized spacial score (nSPS) is 12.0. The smallest absolute Gasteiger partial charge is 0.275 e. The molecule has 0 bridgehead atoms. The maximum Gasteiger partial charge on any atom is 0.275 e. The molecule has 1 heterocycles. The molecule has 128 valence electrons. The van der Waals surface area contributed by atoms with Crippen molar-refractivity contribution >= 4 is 11.4 Å². The summed E-state index contributed by atoms with van der Waals surface area (Å²) in [5.41, 5.74) is 7.29. The van der Waals surface area contributed by atoms with Crippen LogP contribution in [0.25, 0.3) is 17.1 Å². The highest BCUT2D eigenvalue weighted by Gasteiger charge is 2.16. The number of aromatic nitrogens is 2. The largest absolute Gasteiger partial charge is 0.393 e. The third-order valence-electron chi connectivity index (χ3n) is 3.61. The van der Waals surface area contributed by atoms with E-state index in [1.54, 1.807) is 36.4 Å². The molecule has 25 heavy (non-hydrogen) atoms. The molecule has 1 aromatic heterocycles. The van der Waals surface area contributed by atoms with Crippen molar-refractivity contribution in [2.24, 2.45) is 5.73 Å². The van der Waals surface area contributed by atoms with Crippen molar-refractivity contribution < 1.29 is 13.3 Å². The Hall–Kier alpha value is -3.22. The van der Waals surface area contributed by atoms with Gasteiger partial charge < -0.3 is 15.6 Å². The van der Waals surface area contributed by atoms with Crippen molar-refractivity contribution in [3.8, 4) is 11.4 Å². The van der Waals surface area contributed by atoms with Crippen LogP contribution in [0.2, 0.25) is 0 Å². The summed E-state index contributed by atoms with van der Waals surface area (Å²) in [6.07, 6.45) is 0.484. The van der Waals surface area contributed by atoms with E-state index in [4.69, 9.17) is 10.3 Å². The lowest BCUT2D eigenvalue weighted by molar-refractivity contribution is 0.407. The Morgan fingerprint density at radius 3 is 2.44 bits per heavy atom. The van der Waals surface area contributed by atoms with Gasteiger partial charge in [0, 0.05) is 5.70 Å². The number of anilines is 1. The van der Waals surface area contributed by atoms with Gasteiger partial charge >= 0.3 is 0 Å². The molecule has 0 aliphatic rings. The zero-order chi connectivity index (χ0) is 17.8. The lowest BCUT2D eigenvalue weighted by atomic mass is 10.2. The fourth-order valence-corrected chi connectivity index (χ4v) is 2.29. The van der Waals surface area contributed by atoms with Crippen molar-refractivity contribution in [3.05, 3.63) is 71.8 Å². The molecule has 3 aromatic rings. The van der Waals surface area contributed by atoms with Gasteiger partial charge in [-0.25, -0.2) is 8.78 Å². The molecule has 0 aliphatic carbocycles. The minimum atomic E-state index is -0.461. The number of benzene rings is 2. The summed E-state index contributed by atoms with van der Waals surface area (Å²) in [6.45, 7) is 1.85. The number of nitrogens with zero attached hydrogens (tertiary/aromatic N) is 2. The number of hydrogen-bond acceptors (Lipinski definition) is 5. The van der Waals surface area contributed by atoms with E-state index in [1.165, 1.54) is 12.1 Å². The highest BCUT2D eigenvalue weighted by Crippen LogP contribution is 2.23. The first kappa shape index (κ1) is 16.6. The third kappa shape index (κ3) is 3.50. The number of halogens is 2. The van der Waals surface area contributed by atoms with Crippen molar-refractivity contribution in [2.45, 2.75) is 13.3 Å². The summed E-state index contributed by atoms with van der Waals surface area (Å²) >= 11 is 0. The summed E-state index contributed by atoms with van der Waals surface area (Å²) in [6, 6.07) is 12.3. The summed E-state index contributed by atoms with van der Waals surface area (Å²) in [5, 5.41) is 6.70. The Morgan fingerprint density at radius 2 is 1.76 bits per heavy atom. The zero-order valence-corrected chi connectivity index (χ0v) is 13.5. The van der Waals surface area contributed by atoms with Crippen LogP contribution in [-0.2, 0) is 0 Å². The first-order chi connectivity index (χ1) is 12.1. The van der Waals surface area contributed by atoms with E-state index in [2.05, 4.69) is 15.5 Å². The molecule has 0 aliphatic heterocycles. The lowest BCUT2D eigenvalue weighted by Crippen LogP contribution is -2.09. The average Bonchev–Trinajstić information content (AvgIpc) is 3.11. The van der Waals surface area contributed by atoms with Crippen LogP contribution in [0, 0.1) is 11.6 Å². The first-order valence-corrected chi connectivity index (χ1v) is 7.69. The standard InChI is InChI=1S/C18H16F2N4O/c1-2-14(22-15-10-6-5-9-13(15)20)16(21)18-23-17(24-25-18)11-7-3-4-8-12(11)19/h3-10,22H,2,21H2,1H3/b16-14-. The number of rotatable bonds is 5. The van der Waals surface area contributed by atoms with Crippen LogP contribution in [0.5, 0.6) is 0 Å². The zero-order valence-electron chi connectivity index (χ0n) is 13.5. The fraction of sp³-hybridized carbons (Fsp3) is 0.111. The molecule has 0 spiro atoms. The van der Waals surface area contributed by atoms with Gasteiger partial charge in [-0.15, -0.1) is 0 Å². The second-order valence-corrected chi connectivity index (χ2v) is 5.25. The number of nitrogens with two attached hydrogens (primary N) is 1. The number of para-hydroxylation sites is 1. The van der Waals surface area contributed by atoms with Crippen molar-refractivity contribution in [1.29, 1.82) is 0 Å². The molecule has 0 amide bonds. The van der Waals surface area contributed by atoms with E-state index in [1.807, 2.05) is 6.92 Å². The van der Waals surface area contributed by atoms with Gasteiger partial charge in [-0.05, 0) is 30.7 Å². The molecule has 0 saturated heterocycles. The van der Waals surface area contributed by atoms with E-state index in [0.29, 0.717) is 12.1 Å². The van der Waals surface area contributed by atoms with Gasteiger partial charge in [0.25, 0.3) is 5.89 Å². The van der Waals surface area contributed by atoms with E-state index in [0.717, 1.165) is 0 Å². The van der Waals surface area contributed by atoms with Crippen LogP contribution in [0.15, 0.2) is 58.8 Å². The predicted octanol–water partition coefficient (Wildman–Crippen LogP) is 4.16. The van der Waals surface area contributed by atoms with Gasteiger partial charge in [0.1, 0.15) is 17.3 Å². The maximum absolute atomic E-state index is 13.8. The summed E-state index contributed by atoms with van der Waals surface area (Å²) in [4.78, 5) is 4.14. The molecule has 0 saturated carbocycles. The predicted molar refractivity (Wildman–Crippen MR) is 91.1 cm³/mol. The van der Waals surface area contributed by atoms with Crippen LogP contribution in [0.3, 0.4) is 0 Å². The maximum atomic E-state index is 13.8. The Kier molecular flexibility index (Phi) is 4.74. The molecule has 5 nitrogen and oxygen atoms in total. The topological polar surface area (TPSA) is 77.0 Å². The van der Waals surface area contributed by atoms with Crippen LogP contribution < -0.4 is 11.1 Å². The Bertz CT molecular complexity index is 921. The lowest BCUT2D eigenvalue weighted by Gasteiger charge is -2.11. The number of nitrogens with one attached hydrogen (secondary N) is 1. The molecule has 0 atom stereocenters. The minimum absolute atomic E-state index is 0.0407. The van der Waals surface area contributed by atoms with Gasteiger partial charge in [0.05, 0.1) is 11.3 Å².